The number of carbonyl (C=O) groups is 7. The summed E-state index contributed by atoms with van der Waals surface area (Å²) in [5.74, 6) is -0.253. The van der Waals surface area contributed by atoms with Gasteiger partial charge >= 0.3 is 0 Å². The zero-order chi connectivity index (χ0) is 47.2. The highest BCUT2D eigenvalue weighted by molar-refractivity contribution is 6.07. The maximum atomic E-state index is 13.4. The number of nitrogens with zero attached hydrogens (tertiary/aromatic N) is 7. The molecule has 1 aromatic heterocycles. The molecular formula is C47H59N11O9. The van der Waals surface area contributed by atoms with Crippen LogP contribution in [0.1, 0.15) is 91.0 Å². The smallest absolute Gasteiger partial charge is 0.255 e. The molecule has 3 aromatic rings. The molecule has 1 aliphatic carbocycles. The number of hydrogen-bond donors (Lipinski definition) is 4. The second-order valence-electron chi connectivity index (χ2n) is 17.7. The average molecular weight is 922 g/mol. The van der Waals surface area contributed by atoms with E-state index in [9.17, 15) is 33.6 Å². The zero-order valence-corrected chi connectivity index (χ0v) is 38.3. The van der Waals surface area contributed by atoms with E-state index in [0.717, 1.165) is 57.4 Å². The van der Waals surface area contributed by atoms with E-state index in [4.69, 9.17) is 14.5 Å². The number of fused-ring (bicyclic) bond motifs is 2. The monoisotopic (exact) mass is 921 g/mol. The van der Waals surface area contributed by atoms with E-state index < -0.39 is 17.9 Å². The molecule has 0 bridgehead atoms. The van der Waals surface area contributed by atoms with Gasteiger partial charge in [0, 0.05) is 80.7 Å². The van der Waals surface area contributed by atoms with E-state index in [1.807, 2.05) is 6.92 Å². The van der Waals surface area contributed by atoms with Crippen molar-refractivity contribution in [2.24, 2.45) is 0 Å². The number of likely N-dealkylation sites (N-methyl/N-ethyl adjacent to an activating group) is 1. The summed E-state index contributed by atoms with van der Waals surface area (Å²) in [5.41, 5.74) is 3.11. The third kappa shape index (κ3) is 10.3. The molecule has 1 unspecified atom stereocenters. The number of methoxy groups -OCH3 is 1. The van der Waals surface area contributed by atoms with Crippen molar-refractivity contribution in [2.45, 2.75) is 95.4 Å². The molecule has 4 N–H and O–H groups in total. The van der Waals surface area contributed by atoms with E-state index in [1.54, 1.807) is 61.7 Å². The topological polar surface area (TPSA) is 228 Å². The number of nitrogens with one attached hydrogen (secondary N) is 4. The molecule has 4 aliphatic heterocycles. The lowest BCUT2D eigenvalue weighted by Crippen LogP contribution is -2.55. The third-order valence-electron chi connectivity index (χ3n) is 13.5. The summed E-state index contributed by atoms with van der Waals surface area (Å²) in [5, 5.41) is 11.5. The molecule has 0 spiro atoms. The lowest BCUT2D eigenvalue weighted by molar-refractivity contribution is -0.137. The van der Waals surface area contributed by atoms with Crippen LogP contribution in [0.5, 0.6) is 5.75 Å². The number of benzene rings is 2. The minimum atomic E-state index is -0.775. The van der Waals surface area contributed by atoms with Gasteiger partial charge in [0.25, 0.3) is 11.8 Å². The summed E-state index contributed by atoms with van der Waals surface area (Å²) in [6.45, 7) is 4.97. The second-order valence-corrected chi connectivity index (χ2v) is 17.7. The van der Waals surface area contributed by atoms with Gasteiger partial charge in [-0.1, -0.05) is 25.8 Å². The number of likely N-dealkylation sites (tertiary alicyclic amines) is 1. The van der Waals surface area contributed by atoms with Gasteiger partial charge in [0.2, 0.25) is 36.0 Å². The summed E-state index contributed by atoms with van der Waals surface area (Å²) in [4.78, 5) is 107. The van der Waals surface area contributed by atoms with Gasteiger partial charge in [0.1, 0.15) is 23.5 Å². The summed E-state index contributed by atoms with van der Waals surface area (Å²) in [6.07, 6.45) is 9.14. The Labute approximate surface area is 389 Å². The number of imide groups is 1. The first-order chi connectivity index (χ1) is 32.5. The normalized spacial score (nSPS) is 20.1. The molecular weight excluding hydrogens is 863 g/mol. The van der Waals surface area contributed by atoms with Crippen molar-refractivity contribution >= 4 is 70.7 Å². The highest BCUT2D eigenvalue weighted by atomic mass is 16.5. The van der Waals surface area contributed by atoms with Crippen LogP contribution in [0.3, 0.4) is 0 Å². The van der Waals surface area contributed by atoms with Gasteiger partial charge in [-0.2, -0.15) is 4.98 Å². The minimum Gasteiger partial charge on any atom is -0.495 e. The van der Waals surface area contributed by atoms with Crippen molar-refractivity contribution in [2.75, 3.05) is 80.5 Å². The zero-order valence-electron chi connectivity index (χ0n) is 38.3. The molecule has 67 heavy (non-hydrogen) atoms. The van der Waals surface area contributed by atoms with Crippen molar-refractivity contribution < 1.29 is 43.0 Å². The Balaban J connectivity index is 0.753. The molecule has 20 heteroatoms. The van der Waals surface area contributed by atoms with Crippen LogP contribution in [0.25, 0.3) is 0 Å². The Hall–Kier alpha value is -6.67. The molecule has 3 fully saturated rings. The van der Waals surface area contributed by atoms with Gasteiger partial charge in [-0.15, -0.1) is 0 Å². The second kappa shape index (κ2) is 20.9. The number of aromatic nitrogens is 2. The average Bonchev–Trinajstić information content (AvgIpc) is 3.99. The summed E-state index contributed by atoms with van der Waals surface area (Å²) < 4.78 is 11.5. The molecule has 1 saturated carbocycles. The number of ether oxygens (including phenoxy) is 2. The van der Waals surface area contributed by atoms with Gasteiger partial charge in [0.15, 0.2) is 5.82 Å². The molecule has 20 nitrogen and oxygen atoms in total. The first-order valence-electron chi connectivity index (χ1n) is 23.2. The van der Waals surface area contributed by atoms with Gasteiger partial charge < -0.3 is 49.9 Å². The van der Waals surface area contributed by atoms with Gasteiger partial charge in [-0.05, 0) is 68.9 Å². The number of carbonyl (C=O) groups excluding carboxylic acids is 7. The molecule has 356 valence electrons. The largest absolute Gasteiger partial charge is 0.495 e. The first-order valence-corrected chi connectivity index (χ1v) is 23.2. The predicted octanol–water partition coefficient (Wildman–Crippen LogP) is 2.80. The highest BCUT2D eigenvalue weighted by Gasteiger charge is 2.42. The lowest BCUT2D eigenvalue weighted by atomic mass is 10.0. The van der Waals surface area contributed by atoms with Crippen LogP contribution in [0.4, 0.5) is 28.8 Å². The fourth-order valence-electron chi connectivity index (χ4n) is 9.79. The molecule has 2 saturated heterocycles. The number of rotatable bonds is 18. The summed E-state index contributed by atoms with van der Waals surface area (Å²) >= 11 is 0. The Morgan fingerprint density at radius 1 is 1.00 bits per heavy atom. The van der Waals surface area contributed by atoms with E-state index in [1.165, 1.54) is 9.80 Å². The SMILES string of the molecule is CC[C@@H]1C(=O)N(C)c2cnc(Nc3ccc(C(=O)NC4CCN(CCOCCN(C=O)CC(=O)Nc5cccc6c5CN(C5CCC(=O)NC5=O)C6=O)CC4)cc3OC)nc2N1C1CCCC1. The van der Waals surface area contributed by atoms with Crippen molar-refractivity contribution in [1.82, 2.24) is 35.3 Å². The molecule has 5 heterocycles. The molecule has 0 radical (unpaired) electrons. The Morgan fingerprint density at radius 3 is 2.52 bits per heavy atom. The predicted molar refractivity (Wildman–Crippen MR) is 247 cm³/mol. The van der Waals surface area contributed by atoms with Crippen LogP contribution in [0, 0.1) is 0 Å². The number of hydrogen-bond acceptors (Lipinski definition) is 14. The van der Waals surface area contributed by atoms with Crippen molar-refractivity contribution in [3.8, 4) is 5.75 Å². The fraction of sp³-hybridized carbons (Fsp3) is 0.511. The number of piperidine rings is 2. The van der Waals surface area contributed by atoms with Crippen LogP contribution >= 0.6 is 0 Å². The van der Waals surface area contributed by atoms with Crippen LogP contribution in [-0.2, 0) is 35.3 Å². The molecule has 8 rings (SSSR count). The van der Waals surface area contributed by atoms with Crippen LogP contribution < -0.4 is 35.8 Å². The quantitative estimate of drug-likeness (QED) is 0.0818. The number of anilines is 5. The van der Waals surface area contributed by atoms with Gasteiger partial charge in [0.05, 0.1) is 38.8 Å². The molecule has 5 aliphatic rings. The minimum absolute atomic E-state index is 0.00821. The maximum absolute atomic E-state index is 13.4. The van der Waals surface area contributed by atoms with Crippen LogP contribution in [-0.4, -0.2) is 151 Å². The van der Waals surface area contributed by atoms with E-state index in [-0.39, 0.29) is 80.8 Å². The Bertz CT molecular complexity index is 2390. The van der Waals surface area contributed by atoms with E-state index in [2.05, 4.69) is 36.1 Å². The van der Waals surface area contributed by atoms with E-state index in [0.29, 0.717) is 71.4 Å². The third-order valence-corrected chi connectivity index (χ3v) is 13.5. The first kappa shape index (κ1) is 46.8. The molecule has 2 aromatic carbocycles. The van der Waals surface area contributed by atoms with Crippen LogP contribution in [0.2, 0.25) is 0 Å². The van der Waals surface area contributed by atoms with Crippen LogP contribution in [0.15, 0.2) is 42.6 Å². The molecule has 2 atom stereocenters. The highest BCUT2D eigenvalue weighted by Crippen LogP contribution is 2.40. The standard InChI is InChI=1S/C47H59N11O9/c1-4-36-46(65)54(2)38-25-48-47(53-42(38)58(36)31-8-5-6-9-31)51-35-13-12-29(24-39(35)66-3)43(62)49-30-16-18-55(19-17-30)20-22-67-23-21-56(28-59)27-41(61)50-34-11-7-10-32-33(34)26-57(45(32)64)37-14-15-40(60)52-44(37)63/h7,10-13,24-25,28,30-31,36-37H,4-6,8-9,14-23,26-27H2,1-3H3,(H,49,62)(H,50,61)(H,48,51,53)(H,52,60,63)/t36-,37?/m1/s1. The Morgan fingerprint density at radius 2 is 1.79 bits per heavy atom. The van der Waals surface area contributed by atoms with Gasteiger partial charge in [-0.3, -0.25) is 38.9 Å². The van der Waals surface area contributed by atoms with E-state index >= 15 is 0 Å². The van der Waals surface area contributed by atoms with Crippen molar-refractivity contribution in [3.05, 3.63) is 59.3 Å². The number of amides is 7. The van der Waals surface area contributed by atoms with Gasteiger partial charge in [-0.25, -0.2) is 4.98 Å². The van der Waals surface area contributed by atoms with Crippen molar-refractivity contribution in [3.63, 3.8) is 0 Å². The maximum Gasteiger partial charge on any atom is 0.255 e. The van der Waals surface area contributed by atoms with Crippen molar-refractivity contribution in [1.29, 1.82) is 0 Å². The molecule has 7 amide bonds. The summed E-state index contributed by atoms with van der Waals surface area (Å²) in [7, 11) is 3.32. The fourth-order valence-corrected chi connectivity index (χ4v) is 9.79. The summed E-state index contributed by atoms with van der Waals surface area (Å²) in [6, 6.07) is 9.35. The Kier molecular flexibility index (Phi) is 14.6. The lowest BCUT2D eigenvalue weighted by Gasteiger charge is -2.43.